The van der Waals surface area contributed by atoms with E-state index in [0.29, 0.717) is 16.5 Å². The Morgan fingerprint density at radius 1 is 1.10 bits per heavy atom. The lowest BCUT2D eigenvalue weighted by Gasteiger charge is -2.19. The van der Waals surface area contributed by atoms with Crippen LogP contribution in [0.15, 0.2) is 63.7 Å². The molecular weight excluding hydrogens is 460 g/mol. The van der Waals surface area contributed by atoms with Gasteiger partial charge in [-0.3, -0.25) is 19.3 Å². The van der Waals surface area contributed by atoms with Crippen molar-refractivity contribution in [1.82, 2.24) is 4.90 Å². The summed E-state index contributed by atoms with van der Waals surface area (Å²) in [6.45, 7) is 0.0387. The molecule has 4 rings (SSSR count). The monoisotopic (exact) mass is 472 g/mol. The molecule has 0 saturated carbocycles. The number of fused-ring (bicyclic) bond motifs is 1. The first-order valence-electron chi connectivity index (χ1n) is 8.62. The number of nitrogens with zero attached hydrogens (tertiary/aromatic N) is 2. The maximum Gasteiger partial charge on any atom is 0.261 e. The zero-order valence-corrected chi connectivity index (χ0v) is 17.5. The topological polar surface area (TPSA) is 70.8 Å². The van der Waals surface area contributed by atoms with Crippen LogP contribution in [0.4, 0.5) is 5.69 Å². The van der Waals surface area contributed by atoms with Crippen molar-refractivity contribution < 1.29 is 18.8 Å². The molecule has 2 aromatic carbocycles. The molecule has 0 spiro atoms. The van der Waals surface area contributed by atoms with Crippen molar-refractivity contribution in [2.75, 3.05) is 11.9 Å². The summed E-state index contributed by atoms with van der Waals surface area (Å²) < 4.78 is 6.03. The van der Waals surface area contributed by atoms with E-state index >= 15 is 0 Å². The number of imide groups is 1. The van der Waals surface area contributed by atoms with Gasteiger partial charge in [-0.15, -0.1) is 0 Å². The lowest BCUT2D eigenvalue weighted by molar-refractivity contribution is 0.0631. The molecule has 0 aliphatic carbocycles. The first-order chi connectivity index (χ1) is 13.9. The molecule has 0 fully saturated rings. The Balaban J connectivity index is 1.62. The molecule has 1 aliphatic rings. The Labute approximate surface area is 179 Å². The van der Waals surface area contributed by atoms with Crippen LogP contribution in [0.3, 0.4) is 0 Å². The average molecular weight is 474 g/mol. The van der Waals surface area contributed by atoms with Crippen molar-refractivity contribution in [1.29, 1.82) is 0 Å². The number of hydrogen-bond acceptors (Lipinski definition) is 4. The zero-order valence-electron chi connectivity index (χ0n) is 15.2. The molecule has 0 radical (unpaired) electrons. The Kier molecular flexibility index (Phi) is 5.02. The Bertz CT molecular complexity index is 1140. The quantitative estimate of drug-likeness (QED) is 0.512. The van der Waals surface area contributed by atoms with Gasteiger partial charge in [-0.1, -0.05) is 27.5 Å². The van der Waals surface area contributed by atoms with E-state index in [9.17, 15) is 14.4 Å². The van der Waals surface area contributed by atoms with E-state index in [1.807, 2.05) is 0 Å². The Hall–Kier alpha value is -2.90. The normalized spacial score (nSPS) is 13.0. The summed E-state index contributed by atoms with van der Waals surface area (Å²) in [6.07, 6.45) is 1.48. The molecular formula is C21H14BrClN2O4. The maximum absolute atomic E-state index is 12.9. The van der Waals surface area contributed by atoms with Crippen LogP contribution in [0, 0.1) is 0 Å². The molecule has 146 valence electrons. The van der Waals surface area contributed by atoms with Gasteiger partial charge in [0.25, 0.3) is 17.7 Å². The minimum atomic E-state index is -0.458. The van der Waals surface area contributed by atoms with Gasteiger partial charge in [0.15, 0.2) is 0 Å². The number of carbonyl (C=O) groups excluding carboxylic acids is 3. The van der Waals surface area contributed by atoms with Crippen LogP contribution < -0.4 is 4.90 Å². The smallest absolute Gasteiger partial charge is 0.261 e. The van der Waals surface area contributed by atoms with E-state index < -0.39 is 11.8 Å². The molecule has 0 saturated heterocycles. The maximum atomic E-state index is 12.9. The highest BCUT2D eigenvalue weighted by atomic mass is 79.9. The number of hydrogen-bond donors (Lipinski definition) is 0. The molecule has 1 aromatic heterocycles. The number of amides is 3. The van der Waals surface area contributed by atoms with E-state index in [4.69, 9.17) is 16.0 Å². The van der Waals surface area contributed by atoms with Crippen LogP contribution in [0.1, 0.15) is 36.8 Å². The second-order valence-corrected chi connectivity index (χ2v) is 7.82. The number of halogens is 2. The highest BCUT2D eigenvalue weighted by Gasteiger charge is 2.36. The molecule has 0 atom stereocenters. The van der Waals surface area contributed by atoms with Crippen LogP contribution in [0.5, 0.6) is 0 Å². The second kappa shape index (κ2) is 7.50. The van der Waals surface area contributed by atoms with Crippen molar-refractivity contribution in [3.05, 3.63) is 86.7 Å². The van der Waals surface area contributed by atoms with Crippen LogP contribution >= 0.6 is 27.5 Å². The third-order valence-electron chi connectivity index (χ3n) is 4.69. The molecule has 3 amide bonds. The third-order valence-corrected chi connectivity index (χ3v) is 5.48. The minimum Gasteiger partial charge on any atom is -0.467 e. The van der Waals surface area contributed by atoms with Crippen molar-refractivity contribution >= 4 is 50.9 Å². The van der Waals surface area contributed by atoms with Crippen LogP contribution in [0.25, 0.3) is 0 Å². The highest BCUT2D eigenvalue weighted by molar-refractivity contribution is 9.10. The Morgan fingerprint density at radius 3 is 2.55 bits per heavy atom. The molecule has 0 unspecified atom stereocenters. The molecule has 1 aliphatic heterocycles. The van der Waals surface area contributed by atoms with E-state index in [2.05, 4.69) is 15.9 Å². The number of benzene rings is 2. The van der Waals surface area contributed by atoms with Crippen LogP contribution in [-0.4, -0.2) is 29.7 Å². The second-order valence-electron chi connectivity index (χ2n) is 6.50. The summed E-state index contributed by atoms with van der Waals surface area (Å²) in [4.78, 5) is 40.8. The van der Waals surface area contributed by atoms with Gasteiger partial charge in [0.05, 0.1) is 34.6 Å². The molecule has 29 heavy (non-hydrogen) atoms. The van der Waals surface area contributed by atoms with E-state index in [1.165, 1.54) is 29.4 Å². The van der Waals surface area contributed by atoms with Crippen molar-refractivity contribution in [3.63, 3.8) is 0 Å². The lowest BCUT2D eigenvalue weighted by Crippen LogP contribution is -2.29. The third kappa shape index (κ3) is 3.47. The van der Waals surface area contributed by atoms with Gasteiger partial charge in [0.2, 0.25) is 0 Å². The van der Waals surface area contributed by atoms with Gasteiger partial charge >= 0.3 is 0 Å². The fraction of sp³-hybridized carbons (Fsp3) is 0.0952. The van der Waals surface area contributed by atoms with Gasteiger partial charge in [-0.25, -0.2) is 0 Å². The van der Waals surface area contributed by atoms with Crippen molar-refractivity contribution in [3.8, 4) is 0 Å². The van der Waals surface area contributed by atoms with E-state index in [1.54, 1.807) is 37.4 Å². The number of carbonyl (C=O) groups is 3. The average Bonchev–Trinajstić information content (AvgIpc) is 3.30. The minimum absolute atomic E-state index is 0.0387. The molecule has 8 heteroatoms. The molecule has 6 nitrogen and oxygen atoms in total. The summed E-state index contributed by atoms with van der Waals surface area (Å²) in [6, 6.07) is 13.1. The largest absolute Gasteiger partial charge is 0.467 e. The van der Waals surface area contributed by atoms with Gasteiger partial charge in [0.1, 0.15) is 5.76 Å². The highest BCUT2D eigenvalue weighted by Crippen LogP contribution is 2.30. The predicted octanol–water partition coefficient (Wildman–Crippen LogP) is 4.77. The van der Waals surface area contributed by atoms with Gasteiger partial charge < -0.3 is 9.32 Å². The number of anilines is 1. The molecule has 2 heterocycles. The first kappa shape index (κ1) is 19.4. The van der Waals surface area contributed by atoms with Gasteiger partial charge in [-0.05, 0) is 48.5 Å². The molecule has 0 N–H and O–H groups in total. The summed E-state index contributed by atoms with van der Waals surface area (Å²) in [5.41, 5.74) is 1.28. The lowest BCUT2D eigenvalue weighted by atomic mass is 10.0. The standard InChI is InChI=1S/C21H14BrClN2O4/c1-24(18-7-5-13(22)10-17(18)23)19(26)12-4-6-15-16(9-12)21(28)25(20(15)27)11-14-3-2-8-29-14/h2-10H,11H2,1H3. The zero-order chi connectivity index (χ0) is 20.7. The van der Waals surface area contributed by atoms with Crippen molar-refractivity contribution in [2.45, 2.75) is 6.54 Å². The fourth-order valence-electron chi connectivity index (χ4n) is 3.18. The summed E-state index contributed by atoms with van der Waals surface area (Å²) in [5, 5.41) is 0.410. The fourth-order valence-corrected chi connectivity index (χ4v) is 3.98. The summed E-state index contributed by atoms with van der Waals surface area (Å²) in [5.74, 6) is -0.715. The number of furan rings is 1. The number of rotatable bonds is 4. The van der Waals surface area contributed by atoms with Gasteiger partial charge in [0, 0.05) is 17.1 Å². The van der Waals surface area contributed by atoms with Crippen molar-refractivity contribution in [2.24, 2.45) is 0 Å². The molecule has 3 aromatic rings. The first-order valence-corrected chi connectivity index (χ1v) is 9.79. The SMILES string of the molecule is CN(C(=O)c1ccc2c(c1)C(=O)N(Cc1ccco1)C2=O)c1ccc(Br)cc1Cl. The summed E-state index contributed by atoms with van der Waals surface area (Å²) in [7, 11) is 1.60. The van der Waals surface area contributed by atoms with Gasteiger partial charge in [-0.2, -0.15) is 0 Å². The Morgan fingerprint density at radius 2 is 1.86 bits per heavy atom. The predicted molar refractivity (Wildman–Crippen MR) is 111 cm³/mol. The van der Waals surface area contributed by atoms with E-state index in [-0.39, 0.29) is 29.1 Å². The van der Waals surface area contributed by atoms with E-state index in [0.717, 1.165) is 9.37 Å². The molecule has 0 bridgehead atoms. The van der Waals surface area contributed by atoms with Crippen LogP contribution in [-0.2, 0) is 6.54 Å². The van der Waals surface area contributed by atoms with Crippen LogP contribution in [0.2, 0.25) is 5.02 Å². The summed E-state index contributed by atoms with van der Waals surface area (Å²) >= 11 is 9.57.